The largest absolute Gasteiger partial charge is 0.480 e. The van der Waals surface area contributed by atoms with Gasteiger partial charge in [-0.15, -0.1) is 0 Å². The third-order valence-corrected chi connectivity index (χ3v) is 4.27. The van der Waals surface area contributed by atoms with E-state index in [1.165, 1.54) is 0 Å². The van der Waals surface area contributed by atoms with Gasteiger partial charge in [0.1, 0.15) is 5.60 Å². The highest BCUT2D eigenvalue weighted by atomic mass is 16.6. The molecule has 0 aliphatic rings. The van der Waals surface area contributed by atoms with E-state index >= 15 is 0 Å². The third-order valence-electron chi connectivity index (χ3n) is 4.27. The number of nitrogens with one attached hydrogen (secondary N) is 1. The fraction of sp³-hybridized carbons (Fsp3) is 0.905. The summed E-state index contributed by atoms with van der Waals surface area (Å²) in [7, 11) is 0. The molecule has 3 N–H and O–H groups in total. The molecule has 0 saturated heterocycles. The first kappa shape index (κ1) is 27.6. The lowest BCUT2D eigenvalue weighted by molar-refractivity contribution is -0.142. The average Bonchev–Trinajstić information content (AvgIpc) is 2.55. The first-order valence-electron chi connectivity index (χ1n) is 10.5. The van der Waals surface area contributed by atoms with Crippen molar-refractivity contribution >= 4 is 12.1 Å². The Morgan fingerprint density at radius 1 is 1.07 bits per heavy atom. The van der Waals surface area contributed by atoms with Gasteiger partial charge in [-0.1, -0.05) is 27.2 Å². The Balaban J connectivity index is 4.89. The second kappa shape index (κ2) is 13.8. The minimum Gasteiger partial charge on any atom is -0.480 e. The zero-order valence-corrected chi connectivity index (χ0v) is 19.1. The number of aliphatic carboxylic acids is 1. The zero-order chi connectivity index (χ0) is 22.6. The smallest absolute Gasteiger partial charge is 0.408 e. The van der Waals surface area contributed by atoms with Gasteiger partial charge in [0.15, 0.2) is 6.04 Å². The highest BCUT2D eigenvalue weighted by Gasteiger charge is 2.29. The van der Waals surface area contributed by atoms with Crippen molar-refractivity contribution in [3.8, 4) is 0 Å². The fourth-order valence-corrected chi connectivity index (χ4v) is 2.75. The normalized spacial score (nSPS) is 16.2. The Labute approximate surface area is 175 Å². The van der Waals surface area contributed by atoms with Crippen LogP contribution in [0.3, 0.4) is 0 Å². The van der Waals surface area contributed by atoms with Gasteiger partial charge in [-0.05, 0) is 46.5 Å². The van der Waals surface area contributed by atoms with Gasteiger partial charge < -0.3 is 29.7 Å². The summed E-state index contributed by atoms with van der Waals surface area (Å²) in [5.41, 5.74) is -0.728. The molecule has 1 amide bonds. The first-order chi connectivity index (χ1) is 13.4. The number of aliphatic hydroxyl groups excluding tert-OH is 1. The van der Waals surface area contributed by atoms with Crippen molar-refractivity contribution in [1.29, 1.82) is 0 Å². The molecule has 29 heavy (non-hydrogen) atoms. The molecule has 0 rings (SSSR count). The zero-order valence-electron chi connectivity index (χ0n) is 19.1. The molecule has 8 nitrogen and oxygen atoms in total. The SMILES string of the molecule is CCCOC(COCC(NC(=O)OC(C)(C)C)C(=O)O)C(CCC(C)C)C(C)O. The minimum absolute atomic E-state index is 0.119. The van der Waals surface area contributed by atoms with Gasteiger partial charge in [-0.25, -0.2) is 9.59 Å². The molecule has 0 aliphatic heterocycles. The molecule has 4 unspecified atom stereocenters. The number of carbonyl (C=O) groups is 2. The van der Waals surface area contributed by atoms with Crippen LogP contribution in [0.25, 0.3) is 0 Å². The van der Waals surface area contributed by atoms with Gasteiger partial charge in [-0.2, -0.15) is 0 Å². The van der Waals surface area contributed by atoms with Crippen LogP contribution in [0, 0.1) is 11.8 Å². The highest BCUT2D eigenvalue weighted by molar-refractivity contribution is 5.80. The van der Waals surface area contributed by atoms with Gasteiger partial charge in [0.2, 0.25) is 0 Å². The number of amides is 1. The lowest BCUT2D eigenvalue weighted by Gasteiger charge is -2.30. The Kier molecular flexibility index (Phi) is 13.1. The maximum atomic E-state index is 11.8. The maximum absolute atomic E-state index is 11.8. The standard InChI is InChI=1S/C21H41NO7/c1-8-11-28-18(16(15(4)23)10-9-14(2)3)13-27-12-17(19(24)25)22-20(26)29-21(5,6)7/h14-18,23H,8-13H2,1-7H3,(H,22,26)(H,24,25). The predicted molar refractivity (Wildman–Crippen MR) is 111 cm³/mol. The van der Waals surface area contributed by atoms with Crippen LogP contribution in [-0.4, -0.2) is 65.9 Å². The number of hydrogen-bond acceptors (Lipinski definition) is 6. The van der Waals surface area contributed by atoms with E-state index in [0.29, 0.717) is 12.5 Å². The van der Waals surface area contributed by atoms with E-state index in [9.17, 15) is 19.8 Å². The van der Waals surface area contributed by atoms with Crippen molar-refractivity contribution in [3.05, 3.63) is 0 Å². The van der Waals surface area contributed by atoms with Gasteiger partial charge in [0, 0.05) is 12.5 Å². The van der Waals surface area contributed by atoms with Crippen molar-refractivity contribution in [3.63, 3.8) is 0 Å². The fourth-order valence-electron chi connectivity index (χ4n) is 2.75. The lowest BCUT2D eigenvalue weighted by atomic mass is 9.89. The molecule has 4 atom stereocenters. The topological polar surface area (TPSA) is 114 Å². The van der Waals surface area contributed by atoms with Crippen LogP contribution in [-0.2, 0) is 19.0 Å². The van der Waals surface area contributed by atoms with Crippen LogP contribution in [0.1, 0.15) is 67.7 Å². The molecule has 0 saturated carbocycles. The second-order valence-electron chi connectivity index (χ2n) is 8.86. The van der Waals surface area contributed by atoms with Crippen LogP contribution >= 0.6 is 0 Å². The molecule has 0 aromatic rings. The molecule has 8 heteroatoms. The number of carboxylic acids is 1. The van der Waals surface area contributed by atoms with Crippen molar-refractivity contribution in [1.82, 2.24) is 5.32 Å². The molecule has 0 heterocycles. The van der Waals surface area contributed by atoms with E-state index in [-0.39, 0.29) is 25.2 Å². The monoisotopic (exact) mass is 419 g/mol. The van der Waals surface area contributed by atoms with Crippen LogP contribution < -0.4 is 5.32 Å². The van der Waals surface area contributed by atoms with Crippen LogP contribution in [0.15, 0.2) is 0 Å². The second-order valence-corrected chi connectivity index (χ2v) is 8.86. The Bertz CT molecular complexity index is 474. The number of carbonyl (C=O) groups excluding carboxylic acids is 1. The average molecular weight is 420 g/mol. The molecular weight excluding hydrogens is 378 g/mol. The number of rotatable bonds is 14. The maximum Gasteiger partial charge on any atom is 0.408 e. The molecule has 0 spiro atoms. The van der Waals surface area contributed by atoms with Gasteiger partial charge in [0.05, 0.1) is 25.4 Å². The summed E-state index contributed by atoms with van der Waals surface area (Å²) < 4.78 is 16.6. The number of alkyl carbamates (subject to hydrolysis) is 1. The van der Waals surface area contributed by atoms with E-state index < -0.39 is 29.8 Å². The summed E-state index contributed by atoms with van der Waals surface area (Å²) in [6.07, 6.45) is 0.807. The van der Waals surface area contributed by atoms with Crippen LogP contribution in [0.4, 0.5) is 4.79 Å². The minimum atomic E-state index is -1.24. The molecule has 0 aromatic carbocycles. The number of aliphatic hydroxyl groups is 1. The number of hydrogen-bond donors (Lipinski definition) is 3. The highest BCUT2D eigenvalue weighted by Crippen LogP contribution is 2.22. The van der Waals surface area contributed by atoms with Crippen LogP contribution in [0.5, 0.6) is 0 Å². The van der Waals surface area contributed by atoms with E-state index in [1.807, 2.05) is 6.92 Å². The molecule has 0 fully saturated rings. The lowest BCUT2D eigenvalue weighted by Crippen LogP contribution is -2.46. The van der Waals surface area contributed by atoms with E-state index in [4.69, 9.17) is 14.2 Å². The summed E-state index contributed by atoms with van der Waals surface area (Å²) in [5.74, 6) is -0.835. The van der Waals surface area contributed by atoms with E-state index in [2.05, 4.69) is 19.2 Å². The van der Waals surface area contributed by atoms with Crippen molar-refractivity contribution in [2.75, 3.05) is 19.8 Å². The summed E-state index contributed by atoms with van der Waals surface area (Å²) >= 11 is 0. The summed E-state index contributed by atoms with van der Waals surface area (Å²) in [5, 5.41) is 21.9. The summed E-state index contributed by atoms with van der Waals surface area (Å²) in [6.45, 7) is 13.5. The van der Waals surface area contributed by atoms with E-state index in [1.54, 1.807) is 27.7 Å². The molecule has 0 aromatic heterocycles. The molecule has 0 aliphatic carbocycles. The van der Waals surface area contributed by atoms with Gasteiger partial charge >= 0.3 is 12.1 Å². The van der Waals surface area contributed by atoms with Gasteiger partial charge in [-0.3, -0.25) is 0 Å². The molecule has 172 valence electrons. The summed E-state index contributed by atoms with van der Waals surface area (Å²) in [4.78, 5) is 23.3. The van der Waals surface area contributed by atoms with Gasteiger partial charge in [0.25, 0.3) is 0 Å². The predicted octanol–water partition coefficient (Wildman–Crippen LogP) is 3.21. The quantitative estimate of drug-likeness (QED) is 0.396. The number of ether oxygens (including phenoxy) is 3. The molecular formula is C21H41NO7. The third kappa shape index (κ3) is 13.5. The molecule has 0 radical (unpaired) electrons. The Hall–Kier alpha value is -1.38. The first-order valence-corrected chi connectivity index (χ1v) is 10.5. The summed E-state index contributed by atoms with van der Waals surface area (Å²) in [6, 6.07) is -1.24. The van der Waals surface area contributed by atoms with Crippen LogP contribution in [0.2, 0.25) is 0 Å². The Morgan fingerprint density at radius 3 is 2.14 bits per heavy atom. The van der Waals surface area contributed by atoms with Crippen molar-refractivity contribution in [2.24, 2.45) is 11.8 Å². The van der Waals surface area contributed by atoms with E-state index in [0.717, 1.165) is 19.3 Å². The Morgan fingerprint density at radius 2 is 1.69 bits per heavy atom. The van der Waals surface area contributed by atoms with Crippen molar-refractivity contribution in [2.45, 2.75) is 91.6 Å². The number of carboxylic acid groups (broad SMARTS) is 1. The molecule has 0 bridgehead atoms. The van der Waals surface area contributed by atoms with Crippen molar-refractivity contribution < 1.29 is 34.0 Å².